The Bertz CT molecular complexity index is 5570. The summed E-state index contributed by atoms with van der Waals surface area (Å²) in [5, 5.41) is 37.6. The number of ether oxygens (including phenoxy) is 9. The highest BCUT2D eigenvalue weighted by atomic mass is 35.5. The summed E-state index contributed by atoms with van der Waals surface area (Å²) < 4.78 is 61.4. The number of hydrogen-bond donors (Lipinski definition) is 10. The molecule has 688 valence electrons. The Morgan fingerprint density at radius 2 is 0.845 bits per heavy atom. The second kappa shape index (κ2) is 48.2. The van der Waals surface area contributed by atoms with Crippen molar-refractivity contribution < 1.29 is 90.6 Å². The van der Waals surface area contributed by atoms with Crippen LogP contribution in [0.1, 0.15) is 128 Å². The summed E-state index contributed by atoms with van der Waals surface area (Å²) in [6, 6.07) is 18.5. The Balaban J connectivity index is 0.443. The summed E-state index contributed by atoms with van der Waals surface area (Å²) in [6.45, 7) is 12.7. The fourth-order valence-corrected chi connectivity index (χ4v) is 14.5. The summed E-state index contributed by atoms with van der Waals surface area (Å²) in [5.41, 5.74) is 5.91. The lowest BCUT2D eigenvalue weighted by Gasteiger charge is -2.13. The van der Waals surface area contributed by atoms with Crippen LogP contribution in [0.15, 0.2) is 115 Å². The number of anilines is 6. The summed E-state index contributed by atoms with van der Waals surface area (Å²) >= 11 is 7.92. The third kappa shape index (κ3) is 28.4. The number of carbonyl (C=O) groups is 10. The number of hydrogen-bond acceptors (Lipinski definition) is 26. The first-order chi connectivity index (χ1) is 62.2. The molecular formula is C85H106ClN23O19S. The molecule has 10 amide bonds. The number of amides is 10. The molecule has 8 aromatic heterocycles. The molecule has 0 aliphatic carbocycles. The van der Waals surface area contributed by atoms with Crippen molar-refractivity contribution in [1.82, 2.24) is 78.4 Å². The van der Waals surface area contributed by atoms with Crippen molar-refractivity contribution in [3.05, 3.63) is 183 Å². The predicted molar refractivity (Wildman–Crippen MR) is 476 cm³/mol. The lowest BCUT2D eigenvalue weighted by molar-refractivity contribution is -0.121. The van der Waals surface area contributed by atoms with Crippen LogP contribution in [0.5, 0.6) is 5.75 Å². The molecule has 10 N–H and O–H groups in total. The van der Waals surface area contributed by atoms with E-state index in [9.17, 15) is 47.9 Å². The van der Waals surface area contributed by atoms with E-state index >= 15 is 0 Å². The number of aromatic nitrogens is 12. The van der Waals surface area contributed by atoms with E-state index in [0.29, 0.717) is 134 Å². The number of imidazole rings is 3. The molecule has 0 fully saturated rings. The Kier molecular flexibility index (Phi) is 36.0. The van der Waals surface area contributed by atoms with Gasteiger partial charge in [-0.2, -0.15) is 0 Å². The number of rotatable bonds is 52. The van der Waals surface area contributed by atoms with Gasteiger partial charge < -0.3 is 123 Å². The number of thiophene rings is 1. The van der Waals surface area contributed by atoms with E-state index in [4.69, 9.17) is 59.2 Å². The van der Waals surface area contributed by atoms with Gasteiger partial charge in [-0.15, -0.1) is 21.5 Å². The molecule has 42 nitrogen and oxygen atoms in total. The smallest absolute Gasteiger partial charge is 0.291 e. The van der Waals surface area contributed by atoms with Crippen LogP contribution in [0.4, 0.5) is 34.4 Å². The van der Waals surface area contributed by atoms with Crippen molar-refractivity contribution in [2.24, 2.45) is 47.3 Å². The zero-order valence-corrected chi connectivity index (χ0v) is 74.6. The third-order valence-corrected chi connectivity index (χ3v) is 21.1. The van der Waals surface area contributed by atoms with Gasteiger partial charge in [0.25, 0.3) is 35.4 Å². The first-order valence-electron chi connectivity index (χ1n) is 41.4. The average molecular weight is 1820 g/mol. The highest BCUT2D eigenvalue weighted by molar-refractivity contribution is 7.15. The number of fused-ring (bicyclic) bond motifs is 3. The van der Waals surface area contributed by atoms with Gasteiger partial charge in [-0.1, -0.05) is 23.7 Å². The van der Waals surface area contributed by atoms with Gasteiger partial charge in [0, 0.05) is 158 Å². The summed E-state index contributed by atoms with van der Waals surface area (Å²) in [5.74, 6) is -2.62. The number of aliphatic imine (C=N–C) groups is 1. The fraction of sp³-hybridized carbons (Fsp3) is 0.412. The van der Waals surface area contributed by atoms with Crippen LogP contribution < -0.4 is 57.9 Å². The van der Waals surface area contributed by atoms with Gasteiger partial charge in [0.05, 0.1) is 135 Å². The van der Waals surface area contributed by atoms with E-state index in [1.807, 2.05) is 35.8 Å². The SMILES string of the molecule is Cc1sc2c(c1C)C(c1ccc(Cl)cc1)=N[C@@H](CC(=O)Nc1ccc(OCCOCCOCCOCCOCCOCCOCCOCCOCCNC(=O)CCNC(=O)c3cc(NC(=O)c4nc(NC(=O)CCNC(=O)c5cc(NC(=O)c6nc(NC(=O)CCNC(=O)c7cc(NC(=O)c8nccn8C)cn7C)cn6C)cn5C)cn4C)cn3C)cc1)c1nnc(C)n1-2. The van der Waals surface area contributed by atoms with Crippen LogP contribution in [0, 0.1) is 20.8 Å². The second-order valence-electron chi connectivity index (χ2n) is 29.4. The zero-order valence-electron chi connectivity index (χ0n) is 73.0. The molecule has 10 aromatic rings. The molecule has 0 radical (unpaired) electrons. The van der Waals surface area contributed by atoms with Crippen LogP contribution in [-0.4, -0.2) is 260 Å². The average Bonchev–Trinajstić information content (AvgIpc) is 1.59. The lowest BCUT2D eigenvalue weighted by atomic mass is 9.99. The minimum Gasteiger partial charge on any atom is -0.491 e. The molecular weight excluding hydrogens is 1710 g/mol. The van der Waals surface area contributed by atoms with Crippen molar-refractivity contribution in [3.8, 4) is 10.8 Å². The highest BCUT2D eigenvalue weighted by Gasteiger charge is 2.33. The van der Waals surface area contributed by atoms with Gasteiger partial charge in [0.1, 0.15) is 46.3 Å². The van der Waals surface area contributed by atoms with Crippen LogP contribution in [0.2, 0.25) is 5.02 Å². The maximum absolute atomic E-state index is 13.6. The number of carbonyl (C=O) groups excluding carboxylic acids is 10. The summed E-state index contributed by atoms with van der Waals surface area (Å²) in [7, 11) is 9.63. The number of benzene rings is 2. The molecule has 44 heteroatoms. The molecule has 0 saturated heterocycles. The van der Waals surface area contributed by atoms with Gasteiger partial charge in [-0.05, 0) is 80.9 Å². The van der Waals surface area contributed by atoms with Gasteiger partial charge >= 0.3 is 0 Å². The van der Waals surface area contributed by atoms with Crippen LogP contribution in [0.3, 0.4) is 0 Å². The molecule has 11 rings (SSSR count). The minimum absolute atomic E-state index is 0.00412. The van der Waals surface area contributed by atoms with Crippen LogP contribution in [-0.2, 0) is 99.4 Å². The summed E-state index contributed by atoms with van der Waals surface area (Å²) in [4.78, 5) is 149. The number of nitrogens with one attached hydrogen (secondary N) is 10. The molecule has 1 aliphatic heterocycles. The Hall–Kier alpha value is -13.1. The molecule has 0 spiro atoms. The first-order valence-corrected chi connectivity index (χ1v) is 42.6. The van der Waals surface area contributed by atoms with E-state index in [2.05, 4.69) is 92.2 Å². The van der Waals surface area contributed by atoms with Crippen molar-refractivity contribution in [1.29, 1.82) is 0 Å². The van der Waals surface area contributed by atoms with Crippen molar-refractivity contribution in [2.75, 3.05) is 170 Å². The lowest BCUT2D eigenvalue weighted by Crippen LogP contribution is -2.33. The van der Waals surface area contributed by atoms with E-state index in [-0.39, 0.29) is 128 Å². The molecule has 9 heterocycles. The van der Waals surface area contributed by atoms with Crippen molar-refractivity contribution in [3.63, 3.8) is 0 Å². The molecule has 2 aromatic carbocycles. The monoisotopic (exact) mass is 1820 g/mol. The predicted octanol–water partition coefficient (Wildman–Crippen LogP) is 5.77. The normalized spacial score (nSPS) is 12.2. The van der Waals surface area contributed by atoms with E-state index in [1.165, 1.54) is 72.0 Å². The molecule has 129 heavy (non-hydrogen) atoms. The number of aryl methyl sites for hydroxylation is 8. The molecule has 0 unspecified atom stereocenters. The minimum atomic E-state index is -0.649. The number of nitrogens with zero attached hydrogens (tertiary/aromatic N) is 13. The third-order valence-electron chi connectivity index (χ3n) is 19.7. The Labute approximate surface area is 751 Å². The molecule has 1 aliphatic rings. The Morgan fingerprint density at radius 1 is 0.419 bits per heavy atom. The topological polar surface area (TPSA) is 485 Å². The van der Waals surface area contributed by atoms with E-state index in [1.54, 1.807) is 94.8 Å². The van der Waals surface area contributed by atoms with Crippen LogP contribution >= 0.6 is 22.9 Å². The highest BCUT2D eigenvalue weighted by Crippen LogP contribution is 2.40. The first kappa shape index (κ1) is 96.5. The largest absolute Gasteiger partial charge is 0.491 e. The van der Waals surface area contributed by atoms with Gasteiger partial charge in [0.2, 0.25) is 35.3 Å². The molecule has 0 bridgehead atoms. The van der Waals surface area contributed by atoms with E-state index in [0.717, 1.165) is 38.1 Å². The molecule has 0 saturated carbocycles. The van der Waals surface area contributed by atoms with Crippen molar-refractivity contribution >= 4 is 122 Å². The zero-order chi connectivity index (χ0) is 91.9. The second-order valence-corrected chi connectivity index (χ2v) is 31.1. The standard InChI is InChI=1S/C85H106ClN23O19S/c1-53-54(2)129-85-73(53)74(56-10-12-57(86)13-11-56)96-63(75-102-101-55(3)109(75)85)47-72(113)92-58-14-16-62(17-15-58)128-43-42-127-41-40-126-39-38-125-37-36-124-35-34-123-33-32-122-31-30-121-29-28-120-27-25-87-69(110)18-21-89-79(114)65-45-60(49-105(65)6)94-83(118)77-99-68(51-107(77)8)98-71(112)20-23-91-81(116)66-46-61(50-106(66)7)95-84(119)78-100-67(52-108(78)9)97-70(111)19-22-90-80(115)64-44-59(48-104(64)5)93-82(117)76-88-24-26-103(76)4/h10-17,24,26,44-46,48-52,63H,18-23,25,27-43,47H2,1-9H3,(H,87,110)(H,89,114)(H,90,115)(H,91,116)(H,92,113)(H,93,117)(H,94,118)(H,95,119)(H,97,111)(H,98,112)/t63-/m0/s1. The quantitative estimate of drug-likeness (QED) is 0.0202. The fourth-order valence-electron chi connectivity index (χ4n) is 13.1. The number of halogens is 1. The summed E-state index contributed by atoms with van der Waals surface area (Å²) in [6.07, 6.45) is 10.3. The molecule has 1 atom stereocenters. The van der Waals surface area contributed by atoms with Gasteiger partial charge in [-0.3, -0.25) is 57.5 Å². The van der Waals surface area contributed by atoms with Crippen molar-refractivity contribution in [2.45, 2.75) is 52.5 Å². The Morgan fingerprint density at radius 3 is 1.29 bits per heavy atom. The maximum Gasteiger partial charge on any atom is 0.291 e. The maximum atomic E-state index is 13.6. The van der Waals surface area contributed by atoms with Gasteiger partial charge in [-0.25, -0.2) is 15.0 Å². The van der Waals surface area contributed by atoms with E-state index < -0.39 is 53.3 Å². The van der Waals surface area contributed by atoms with Gasteiger partial charge in [0.15, 0.2) is 23.3 Å². The van der Waals surface area contributed by atoms with Crippen LogP contribution in [0.25, 0.3) is 5.00 Å².